The predicted molar refractivity (Wildman–Crippen MR) is 83.5 cm³/mol. The van der Waals surface area contributed by atoms with E-state index in [1.165, 1.54) is 6.42 Å². The SMILES string of the molecule is COCc1ccccc1CNC(=O)C1CCCCC1CN. The van der Waals surface area contributed by atoms with Crippen LogP contribution in [0.3, 0.4) is 0 Å². The topological polar surface area (TPSA) is 64.3 Å². The zero-order chi connectivity index (χ0) is 15.1. The van der Waals surface area contributed by atoms with E-state index in [1.807, 2.05) is 24.3 Å². The molecule has 2 unspecified atom stereocenters. The van der Waals surface area contributed by atoms with Crippen LogP contribution in [0, 0.1) is 11.8 Å². The number of benzene rings is 1. The van der Waals surface area contributed by atoms with E-state index < -0.39 is 0 Å². The summed E-state index contributed by atoms with van der Waals surface area (Å²) in [4.78, 5) is 12.4. The summed E-state index contributed by atoms with van der Waals surface area (Å²) in [5.41, 5.74) is 8.05. The first-order valence-electron chi connectivity index (χ1n) is 7.79. The number of rotatable bonds is 6. The Bertz CT molecular complexity index is 462. The number of nitrogens with two attached hydrogens (primary N) is 1. The maximum atomic E-state index is 12.4. The van der Waals surface area contributed by atoms with Gasteiger partial charge in [0, 0.05) is 19.6 Å². The highest BCUT2D eigenvalue weighted by atomic mass is 16.5. The van der Waals surface area contributed by atoms with Gasteiger partial charge in [-0.3, -0.25) is 4.79 Å². The molecule has 1 aliphatic rings. The first-order valence-corrected chi connectivity index (χ1v) is 7.79. The van der Waals surface area contributed by atoms with Crippen molar-refractivity contribution in [3.8, 4) is 0 Å². The highest BCUT2D eigenvalue weighted by molar-refractivity contribution is 5.79. The van der Waals surface area contributed by atoms with Gasteiger partial charge >= 0.3 is 0 Å². The fourth-order valence-corrected chi connectivity index (χ4v) is 3.17. The Kier molecular flexibility index (Phi) is 6.21. The highest BCUT2D eigenvalue weighted by Crippen LogP contribution is 2.29. The third kappa shape index (κ3) is 4.29. The lowest BCUT2D eigenvalue weighted by Gasteiger charge is -2.29. The second-order valence-corrected chi connectivity index (χ2v) is 5.81. The lowest BCUT2D eigenvalue weighted by Crippen LogP contribution is -2.39. The number of nitrogens with one attached hydrogen (secondary N) is 1. The quantitative estimate of drug-likeness (QED) is 0.844. The average molecular weight is 290 g/mol. The van der Waals surface area contributed by atoms with E-state index >= 15 is 0 Å². The van der Waals surface area contributed by atoms with Crippen LogP contribution >= 0.6 is 0 Å². The van der Waals surface area contributed by atoms with Crippen LogP contribution in [0.1, 0.15) is 36.8 Å². The van der Waals surface area contributed by atoms with Crippen LogP contribution in [-0.2, 0) is 22.7 Å². The Morgan fingerprint density at radius 2 is 2.00 bits per heavy atom. The monoisotopic (exact) mass is 290 g/mol. The van der Waals surface area contributed by atoms with Gasteiger partial charge in [-0.05, 0) is 36.4 Å². The van der Waals surface area contributed by atoms with E-state index in [9.17, 15) is 4.79 Å². The van der Waals surface area contributed by atoms with Crippen molar-refractivity contribution in [2.24, 2.45) is 17.6 Å². The van der Waals surface area contributed by atoms with Crippen LogP contribution in [0.5, 0.6) is 0 Å². The number of ether oxygens (including phenoxy) is 1. The molecule has 4 nitrogen and oxygen atoms in total. The molecule has 2 rings (SSSR count). The minimum Gasteiger partial charge on any atom is -0.380 e. The summed E-state index contributed by atoms with van der Waals surface area (Å²) in [6, 6.07) is 8.05. The molecule has 0 radical (unpaired) electrons. The smallest absolute Gasteiger partial charge is 0.223 e. The summed E-state index contributed by atoms with van der Waals surface area (Å²) in [6.45, 7) is 1.74. The van der Waals surface area contributed by atoms with Gasteiger partial charge in [-0.15, -0.1) is 0 Å². The van der Waals surface area contributed by atoms with Crippen molar-refractivity contribution in [3.05, 3.63) is 35.4 Å². The molecule has 0 aliphatic heterocycles. The number of methoxy groups -OCH3 is 1. The molecule has 1 aliphatic carbocycles. The number of hydrogen-bond donors (Lipinski definition) is 2. The molecular weight excluding hydrogens is 264 g/mol. The van der Waals surface area contributed by atoms with E-state index in [4.69, 9.17) is 10.5 Å². The molecule has 1 aromatic rings. The van der Waals surface area contributed by atoms with Gasteiger partial charge in [-0.1, -0.05) is 37.1 Å². The Labute approximate surface area is 127 Å². The molecule has 0 bridgehead atoms. The van der Waals surface area contributed by atoms with Crippen molar-refractivity contribution in [2.75, 3.05) is 13.7 Å². The summed E-state index contributed by atoms with van der Waals surface area (Å²) in [7, 11) is 1.68. The number of carbonyl (C=O) groups excluding carboxylic acids is 1. The van der Waals surface area contributed by atoms with E-state index in [2.05, 4.69) is 5.32 Å². The van der Waals surface area contributed by atoms with Gasteiger partial charge in [-0.2, -0.15) is 0 Å². The van der Waals surface area contributed by atoms with Crippen LogP contribution in [0.4, 0.5) is 0 Å². The molecule has 0 heterocycles. The van der Waals surface area contributed by atoms with Crippen molar-refractivity contribution in [3.63, 3.8) is 0 Å². The third-order valence-corrected chi connectivity index (χ3v) is 4.42. The van der Waals surface area contributed by atoms with Crippen molar-refractivity contribution < 1.29 is 9.53 Å². The standard InChI is InChI=1S/C17H26N2O2/c1-21-12-15-8-3-2-7-14(15)11-19-17(20)16-9-5-4-6-13(16)10-18/h2-3,7-8,13,16H,4-6,9-12,18H2,1H3,(H,19,20). The summed E-state index contributed by atoms with van der Waals surface area (Å²) >= 11 is 0. The number of carbonyl (C=O) groups is 1. The highest BCUT2D eigenvalue weighted by Gasteiger charge is 2.29. The average Bonchev–Trinajstić information content (AvgIpc) is 2.54. The van der Waals surface area contributed by atoms with E-state index in [0.29, 0.717) is 25.6 Å². The Hall–Kier alpha value is -1.39. The zero-order valence-electron chi connectivity index (χ0n) is 12.8. The lowest BCUT2D eigenvalue weighted by atomic mass is 9.78. The maximum Gasteiger partial charge on any atom is 0.223 e. The van der Waals surface area contributed by atoms with Gasteiger partial charge < -0.3 is 15.8 Å². The van der Waals surface area contributed by atoms with Crippen molar-refractivity contribution in [1.82, 2.24) is 5.32 Å². The summed E-state index contributed by atoms with van der Waals surface area (Å²) in [5, 5.41) is 3.08. The van der Waals surface area contributed by atoms with Crippen molar-refractivity contribution in [1.29, 1.82) is 0 Å². The lowest BCUT2D eigenvalue weighted by molar-refractivity contribution is -0.127. The molecule has 1 fully saturated rings. The van der Waals surface area contributed by atoms with Crippen LogP contribution in [0.25, 0.3) is 0 Å². The molecule has 0 aromatic heterocycles. The third-order valence-electron chi connectivity index (χ3n) is 4.42. The summed E-state index contributed by atoms with van der Waals surface area (Å²) in [5.74, 6) is 0.573. The summed E-state index contributed by atoms with van der Waals surface area (Å²) in [6.07, 6.45) is 4.37. The van der Waals surface area contributed by atoms with Crippen LogP contribution in [0.15, 0.2) is 24.3 Å². The second kappa shape index (κ2) is 8.15. The van der Waals surface area contributed by atoms with E-state index in [1.54, 1.807) is 7.11 Å². The molecule has 1 amide bonds. The second-order valence-electron chi connectivity index (χ2n) is 5.81. The van der Waals surface area contributed by atoms with Gasteiger partial charge in [-0.25, -0.2) is 0 Å². The molecule has 1 saturated carbocycles. The Morgan fingerprint density at radius 1 is 1.29 bits per heavy atom. The van der Waals surface area contributed by atoms with Crippen LogP contribution in [-0.4, -0.2) is 19.6 Å². The molecule has 0 saturated heterocycles. The molecule has 1 aromatic carbocycles. The molecular formula is C17H26N2O2. The predicted octanol–water partition coefficient (Wildman–Crippen LogP) is 2.21. The molecule has 4 heteroatoms. The van der Waals surface area contributed by atoms with Crippen LogP contribution in [0.2, 0.25) is 0 Å². The first-order chi connectivity index (χ1) is 10.3. The molecule has 0 spiro atoms. The number of hydrogen-bond acceptors (Lipinski definition) is 3. The molecule has 21 heavy (non-hydrogen) atoms. The van der Waals surface area contributed by atoms with E-state index in [0.717, 1.165) is 30.4 Å². The van der Waals surface area contributed by atoms with Gasteiger partial charge in [0.1, 0.15) is 0 Å². The summed E-state index contributed by atoms with van der Waals surface area (Å²) < 4.78 is 5.20. The maximum absolute atomic E-state index is 12.4. The number of amides is 1. The fraction of sp³-hybridized carbons (Fsp3) is 0.588. The normalized spacial score (nSPS) is 22.0. The van der Waals surface area contributed by atoms with E-state index in [-0.39, 0.29) is 11.8 Å². The van der Waals surface area contributed by atoms with Crippen LogP contribution < -0.4 is 11.1 Å². The van der Waals surface area contributed by atoms with Gasteiger partial charge in [0.2, 0.25) is 5.91 Å². The van der Waals surface area contributed by atoms with Crippen molar-refractivity contribution >= 4 is 5.91 Å². The zero-order valence-corrected chi connectivity index (χ0v) is 12.8. The fourth-order valence-electron chi connectivity index (χ4n) is 3.17. The Balaban J connectivity index is 1.94. The molecule has 116 valence electrons. The Morgan fingerprint density at radius 3 is 2.71 bits per heavy atom. The van der Waals surface area contributed by atoms with Gasteiger partial charge in [0.25, 0.3) is 0 Å². The van der Waals surface area contributed by atoms with Crippen molar-refractivity contribution in [2.45, 2.75) is 38.8 Å². The molecule has 2 atom stereocenters. The molecule has 3 N–H and O–H groups in total. The minimum atomic E-state index is 0.0818. The first kappa shape index (κ1) is 16.0. The largest absolute Gasteiger partial charge is 0.380 e. The minimum absolute atomic E-state index is 0.0818. The van der Waals surface area contributed by atoms with Gasteiger partial charge in [0.15, 0.2) is 0 Å². The van der Waals surface area contributed by atoms with Gasteiger partial charge in [0.05, 0.1) is 6.61 Å².